The van der Waals surface area contributed by atoms with Crippen LogP contribution in [0.15, 0.2) is 61.1 Å². The average Bonchev–Trinajstić information content (AvgIpc) is 3.76. The van der Waals surface area contributed by atoms with Crippen LogP contribution in [0, 0.1) is 0 Å². The summed E-state index contributed by atoms with van der Waals surface area (Å²) in [5.41, 5.74) is 6.78. The lowest BCUT2D eigenvalue weighted by Gasteiger charge is -2.25. The van der Waals surface area contributed by atoms with Crippen LogP contribution < -0.4 is 9.46 Å². The molecule has 1 aliphatic carbocycles. The second kappa shape index (κ2) is 16.6. The molecule has 2 aromatic carbocycles. The van der Waals surface area contributed by atoms with Gasteiger partial charge in [0.15, 0.2) is 0 Å². The van der Waals surface area contributed by atoms with Gasteiger partial charge in [0.25, 0.3) is 17.8 Å². The molecule has 0 saturated heterocycles. The number of rotatable bonds is 13. The van der Waals surface area contributed by atoms with E-state index in [-0.39, 0.29) is 30.0 Å². The highest BCUT2D eigenvalue weighted by molar-refractivity contribution is 7.90. The fraction of sp³-hybridized carbons (Fsp3) is 0.419. The predicted octanol–water partition coefficient (Wildman–Crippen LogP) is 7.25. The Labute approximate surface area is 334 Å². The fourth-order valence-electron chi connectivity index (χ4n) is 8.14. The van der Waals surface area contributed by atoms with E-state index >= 15 is 0 Å². The second-order valence-electron chi connectivity index (χ2n) is 15.0. The first-order valence-corrected chi connectivity index (χ1v) is 21.3. The van der Waals surface area contributed by atoms with Crippen LogP contribution >= 0.6 is 0 Å². The van der Waals surface area contributed by atoms with Crippen molar-refractivity contribution < 1.29 is 27.5 Å². The molecule has 0 spiro atoms. The second-order valence-corrected chi connectivity index (χ2v) is 17.3. The van der Waals surface area contributed by atoms with Gasteiger partial charge in [-0.2, -0.15) is 9.78 Å². The number of nitrogens with zero attached hydrogens (tertiary/aromatic N) is 6. The summed E-state index contributed by atoms with van der Waals surface area (Å²) in [4.78, 5) is 39.1. The van der Waals surface area contributed by atoms with Crippen LogP contribution in [0.3, 0.4) is 0 Å². The Kier molecular flexibility index (Phi) is 11.6. The molecule has 5 aromatic rings. The van der Waals surface area contributed by atoms with Crippen LogP contribution in [0.1, 0.15) is 110 Å². The van der Waals surface area contributed by atoms with E-state index in [0.29, 0.717) is 36.0 Å². The van der Waals surface area contributed by atoms with E-state index in [0.717, 1.165) is 65.4 Å². The molecular weight excluding hydrogens is 743 g/mol. The van der Waals surface area contributed by atoms with Crippen LogP contribution in [0.25, 0.3) is 39.8 Å². The van der Waals surface area contributed by atoms with Gasteiger partial charge in [0.1, 0.15) is 5.75 Å². The number of ether oxygens (including phenoxy) is 2. The summed E-state index contributed by atoms with van der Waals surface area (Å²) >= 11 is 0. The van der Waals surface area contributed by atoms with Gasteiger partial charge in [0, 0.05) is 54.6 Å². The van der Waals surface area contributed by atoms with Gasteiger partial charge in [0.2, 0.25) is 10.0 Å². The maximum absolute atomic E-state index is 14.7. The standard InChI is InChI=1S/C43H51N7O6S/c1-7-32(55-5)26-48(8-2)42(52)36-24-46-50(43-44-19-12-20-45-43)39(36)31-21-30-22-33(56-6)16-18-34(30)40-38(28-13-10-9-11-14-28)35-17-15-29(23-37(35)49(40)25-31)41(51)47-57(53,54)27(3)4/h12,15-24,27-28,32H,7-11,13-14,25-26H2,1-6H3,(H,47,51)/t32-/m1/s1. The topological polar surface area (TPSA) is 151 Å². The predicted molar refractivity (Wildman–Crippen MR) is 221 cm³/mol. The van der Waals surface area contributed by atoms with E-state index in [1.165, 1.54) is 25.8 Å². The molecule has 1 aliphatic heterocycles. The first-order chi connectivity index (χ1) is 27.5. The molecule has 0 unspecified atom stereocenters. The summed E-state index contributed by atoms with van der Waals surface area (Å²) in [6.07, 6.45) is 13.0. The average molecular weight is 794 g/mol. The number of benzene rings is 2. The smallest absolute Gasteiger partial charge is 0.264 e. The van der Waals surface area contributed by atoms with Crippen molar-refractivity contribution >= 4 is 44.4 Å². The van der Waals surface area contributed by atoms with Gasteiger partial charge in [-0.25, -0.2) is 23.1 Å². The third kappa shape index (κ3) is 7.72. The van der Waals surface area contributed by atoms with Crippen molar-refractivity contribution in [3.05, 3.63) is 89.0 Å². The number of likely N-dealkylation sites (N-methyl/N-ethyl adjacent to an activating group) is 1. The number of nitrogens with one attached hydrogen (secondary N) is 1. The van der Waals surface area contributed by atoms with E-state index in [2.05, 4.69) is 31.4 Å². The van der Waals surface area contributed by atoms with Gasteiger partial charge in [-0.1, -0.05) is 32.3 Å². The number of hydrogen-bond acceptors (Lipinski definition) is 9. The molecule has 1 atom stereocenters. The lowest BCUT2D eigenvalue weighted by Crippen LogP contribution is -2.38. The Balaban J connectivity index is 1.49. The van der Waals surface area contributed by atoms with Crippen molar-refractivity contribution in [2.24, 2.45) is 0 Å². The lowest BCUT2D eigenvalue weighted by atomic mass is 9.81. The number of allylic oxidation sites excluding steroid dienone is 1. The van der Waals surface area contributed by atoms with Crippen LogP contribution in [0.2, 0.25) is 0 Å². The molecule has 1 N–H and O–H groups in total. The Hall–Kier alpha value is -5.34. The van der Waals surface area contributed by atoms with E-state index < -0.39 is 21.2 Å². The third-order valence-electron chi connectivity index (χ3n) is 11.3. The van der Waals surface area contributed by atoms with Crippen LogP contribution in [0.4, 0.5) is 0 Å². The molecule has 7 rings (SSSR count). The summed E-state index contributed by atoms with van der Waals surface area (Å²) in [6, 6.07) is 13.2. The summed E-state index contributed by atoms with van der Waals surface area (Å²) in [5.74, 6) is 0.354. The van der Waals surface area contributed by atoms with Crippen molar-refractivity contribution in [1.29, 1.82) is 0 Å². The highest BCUT2D eigenvalue weighted by Gasteiger charge is 2.33. The molecule has 3 aromatic heterocycles. The Morgan fingerprint density at radius 3 is 2.42 bits per heavy atom. The SMILES string of the molecule is CC[C@H](CN(CC)C(=O)c1cnn(-c2ncccn2)c1C1=Cc2cc(OC)ccc2-c2c(C3CCCCC3)c3ccc(C(=O)NS(=O)(=O)C(C)C)cc3n2C1)OC. The molecule has 4 heterocycles. The maximum Gasteiger partial charge on any atom is 0.264 e. The normalized spacial score (nSPS) is 15.1. The number of hydrogen-bond donors (Lipinski definition) is 1. The van der Waals surface area contributed by atoms with Crippen molar-refractivity contribution in [1.82, 2.24) is 33.9 Å². The number of methoxy groups -OCH3 is 2. The Morgan fingerprint density at radius 2 is 1.75 bits per heavy atom. The lowest BCUT2D eigenvalue weighted by molar-refractivity contribution is 0.0480. The van der Waals surface area contributed by atoms with Crippen molar-refractivity contribution in [2.45, 2.75) is 90.0 Å². The number of fused-ring (bicyclic) bond motifs is 5. The first-order valence-electron chi connectivity index (χ1n) is 19.8. The maximum atomic E-state index is 14.7. The van der Waals surface area contributed by atoms with Gasteiger partial charge in [0.05, 0.1) is 48.2 Å². The summed E-state index contributed by atoms with van der Waals surface area (Å²) in [7, 11) is -0.580. The van der Waals surface area contributed by atoms with E-state index in [1.807, 2.05) is 32.0 Å². The molecule has 57 heavy (non-hydrogen) atoms. The third-order valence-corrected chi connectivity index (χ3v) is 13.0. The highest BCUT2D eigenvalue weighted by Crippen LogP contribution is 2.48. The monoisotopic (exact) mass is 793 g/mol. The molecule has 14 heteroatoms. The van der Waals surface area contributed by atoms with Gasteiger partial charge < -0.3 is 18.9 Å². The van der Waals surface area contributed by atoms with Crippen molar-refractivity contribution in [3.8, 4) is 23.0 Å². The zero-order valence-corrected chi connectivity index (χ0v) is 34.3. The number of carbonyl (C=O) groups is 2. The van der Waals surface area contributed by atoms with Crippen molar-refractivity contribution in [3.63, 3.8) is 0 Å². The minimum absolute atomic E-state index is 0.143. The van der Waals surface area contributed by atoms with Gasteiger partial charge in [-0.15, -0.1) is 0 Å². The molecule has 1 saturated carbocycles. The number of sulfonamides is 1. The molecule has 0 radical (unpaired) electrons. The largest absolute Gasteiger partial charge is 0.497 e. The molecule has 13 nitrogen and oxygen atoms in total. The van der Waals surface area contributed by atoms with Crippen LogP contribution in [0.5, 0.6) is 5.75 Å². The molecule has 0 bridgehead atoms. The number of carbonyl (C=O) groups excluding carboxylic acids is 2. The van der Waals surface area contributed by atoms with Crippen molar-refractivity contribution in [2.75, 3.05) is 27.3 Å². The number of amides is 2. The zero-order valence-electron chi connectivity index (χ0n) is 33.5. The van der Waals surface area contributed by atoms with Crippen LogP contribution in [-0.4, -0.2) is 88.1 Å². The van der Waals surface area contributed by atoms with E-state index in [1.54, 1.807) is 60.6 Å². The Morgan fingerprint density at radius 1 is 1.00 bits per heavy atom. The molecule has 1 fully saturated rings. The van der Waals surface area contributed by atoms with Gasteiger partial charge >= 0.3 is 0 Å². The van der Waals surface area contributed by atoms with E-state index in [9.17, 15) is 18.0 Å². The highest BCUT2D eigenvalue weighted by atomic mass is 32.2. The number of aromatic nitrogens is 5. The molecular formula is C43H51N7O6S. The van der Waals surface area contributed by atoms with Gasteiger partial charge in [-0.05, 0) is 105 Å². The summed E-state index contributed by atoms with van der Waals surface area (Å²) in [5, 5.41) is 4.97. The molecule has 2 amide bonds. The zero-order chi connectivity index (χ0) is 40.4. The first kappa shape index (κ1) is 39.9. The fourth-order valence-corrected chi connectivity index (χ4v) is 8.75. The van der Waals surface area contributed by atoms with E-state index in [4.69, 9.17) is 14.6 Å². The van der Waals surface area contributed by atoms with Crippen LogP contribution in [-0.2, 0) is 21.3 Å². The minimum atomic E-state index is -3.88. The molecule has 300 valence electrons. The molecule has 2 aliphatic rings. The minimum Gasteiger partial charge on any atom is -0.497 e. The van der Waals surface area contributed by atoms with Gasteiger partial charge in [-0.3, -0.25) is 9.59 Å². The Bertz CT molecular complexity index is 2430. The summed E-state index contributed by atoms with van der Waals surface area (Å²) in [6.45, 7) is 8.19. The quantitative estimate of drug-likeness (QED) is 0.130. The summed E-state index contributed by atoms with van der Waals surface area (Å²) < 4.78 is 43.2.